The molecule has 4 aliphatic carbocycles. The van der Waals surface area contributed by atoms with Crippen molar-refractivity contribution in [2.45, 2.75) is 56.7 Å². The van der Waals surface area contributed by atoms with Crippen LogP contribution in [0.25, 0.3) is 0 Å². The summed E-state index contributed by atoms with van der Waals surface area (Å²) in [5.41, 5.74) is 0.844. The number of nitrogens with one attached hydrogen (secondary N) is 1. The van der Waals surface area contributed by atoms with E-state index in [1.54, 1.807) is 14.2 Å². The molecule has 6 fully saturated rings. The van der Waals surface area contributed by atoms with Crippen molar-refractivity contribution >= 4 is 28.9 Å². The molecule has 0 amide bonds. The number of alkyl halides is 3. The zero-order valence-corrected chi connectivity index (χ0v) is 23.9. The van der Waals surface area contributed by atoms with E-state index < -0.39 is 16.9 Å². The lowest BCUT2D eigenvalue weighted by Crippen LogP contribution is -2.63. The van der Waals surface area contributed by atoms with E-state index in [1.807, 2.05) is 18.2 Å². The summed E-state index contributed by atoms with van der Waals surface area (Å²) in [7, 11) is 3.32. The summed E-state index contributed by atoms with van der Waals surface area (Å²) in [5, 5.41) is 2.28. The predicted molar refractivity (Wildman–Crippen MR) is 148 cm³/mol. The highest BCUT2D eigenvalue weighted by Crippen LogP contribution is 2.65. The number of benzene rings is 1. The van der Waals surface area contributed by atoms with Gasteiger partial charge in [0, 0.05) is 62.7 Å². The Balaban J connectivity index is 0.998. The number of hydrogen-bond donors (Lipinski definition) is 1. The molecule has 2 aliphatic heterocycles. The van der Waals surface area contributed by atoms with Crippen LogP contribution in [0, 0.1) is 23.2 Å². The third-order valence-corrected chi connectivity index (χ3v) is 10.4. The Labute approximate surface area is 242 Å². The number of hydrogen-bond acceptors (Lipinski definition) is 8. The number of epoxide rings is 1. The zero-order valence-electron chi connectivity index (χ0n) is 23.2. The molecule has 12 heteroatoms. The first-order valence-electron chi connectivity index (χ1n) is 14.4. The molecule has 4 bridgehead atoms. The zero-order chi connectivity index (χ0) is 28.5. The van der Waals surface area contributed by atoms with Gasteiger partial charge in [0.1, 0.15) is 22.6 Å². The first-order valence-corrected chi connectivity index (χ1v) is 14.8. The lowest BCUT2D eigenvalue weighted by Gasteiger charge is -2.62. The van der Waals surface area contributed by atoms with Crippen molar-refractivity contribution in [3.63, 3.8) is 0 Å². The summed E-state index contributed by atoms with van der Waals surface area (Å²) in [6, 6.07) is 6.43. The predicted octanol–water partition coefficient (Wildman–Crippen LogP) is 5.59. The van der Waals surface area contributed by atoms with Crippen LogP contribution in [0.5, 0.6) is 5.75 Å². The number of rotatable bonds is 7. The summed E-state index contributed by atoms with van der Waals surface area (Å²) < 4.78 is 56.1. The number of methoxy groups -OCH3 is 2. The second-order valence-electron chi connectivity index (χ2n) is 12.4. The number of piperazine rings is 1. The average molecular weight is 594 g/mol. The highest BCUT2D eigenvalue weighted by atomic mass is 35.5. The van der Waals surface area contributed by atoms with Crippen LogP contribution in [0.15, 0.2) is 24.4 Å². The van der Waals surface area contributed by atoms with E-state index in [4.69, 9.17) is 25.8 Å². The lowest BCUT2D eigenvalue weighted by atomic mass is 9.46. The van der Waals surface area contributed by atoms with Gasteiger partial charge in [-0.1, -0.05) is 11.6 Å². The average Bonchev–Trinajstić information content (AvgIpc) is 3.74. The first kappa shape index (κ1) is 27.5. The molecular weight excluding hydrogens is 559 g/mol. The fourth-order valence-corrected chi connectivity index (χ4v) is 8.94. The molecule has 2 aromatic rings. The van der Waals surface area contributed by atoms with Gasteiger partial charge in [0.2, 0.25) is 5.95 Å². The number of halogens is 4. The molecule has 41 heavy (non-hydrogen) atoms. The maximum absolute atomic E-state index is 13.0. The minimum Gasteiger partial charge on any atom is -0.494 e. The van der Waals surface area contributed by atoms with Crippen molar-refractivity contribution in [2.75, 3.05) is 50.6 Å². The first-order chi connectivity index (χ1) is 19.7. The molecule has 1 aromatic heterocycles. The monoisotopic (exact) mass is 593 g/mol. The normalized spacial score (nSPS) is 34.6. The van der Waals surface area contributed by atoms with E-state index in [0.29, 0.717) is 35.2 Å². The molecule has 1 N–H and O–H groups in total. The Morgan fingerprint density at radius 1 is 1.07 bits per heavy atom. The molecule has 4 unspecified atom stereocenters. The van der Waals surface area contributed by atoms with Gasteiger partial charge >= 0.3 is 6.18 Å². The topological polar surface area (TPSA) is 75.3 Å². The molecule has 222 valence electrons. The van der Waals surface area contributed by atoms with Crippen LogP contribution in [0.2, 0.25) is 5.15 Å². The van der Waals surface area contributed by atoms with Gasteiger partial charge in [-0.15, -0.1) is 0 Å². The van der Waals surface area contributed by atoms with Gasteiger partial charge < -0.3 is 24.4 Å². The Morgan fingerprint density at radius 2 is 1.80 bits per heavy atom. The largest absolute Gasteiger partial charge is 0.494 e. The lowest BCUT2D eigenvalue weighted by molar-refractivity contribution is -0.137. The molecule has 8 rings (SSSR count). The van der Waals surface area contributed by atoms with Gasteiger partial charge in [-0.25, -0.2) is 9.97 Å². The standard InChI is InChI=1S/C29H35ClF3N5O3/c1-39-22-11-19(3-4-21(22)35-27-34-15-20(25(30)36-27)29(31,32)33)37-5-7-38(8-6-37)23-17-9-16-10-18(23)14-28(12-16,13-17)24-26(40-2)41-24/h3-4,11,15-18,23-24,26H,5-10,12-14H2,1-2H3,(H,34,35,36). The van der Waals surface area contributed by atoms with Gasteiger partial charge in [0.15, 0.2) is 6.29 Å². The van der Waals surface area contributed by atoms with Crippen LogP contribution in [-0.2, 0) is 15.7 Å². The third kappa shape index (κ3) is 4.92. The number of ether oxygens (including phenoxy) is 3. The minimum atomic E-state index is -4.61. The van der Waals surface area contributed by atoms with E-state index in [2.05, 4.69) is 25.1 Å². The van der Waals surface area contributed by atoms with E-state index in [9.17, 15) is 13.2 Å². The molecule has 8 nitrogen and oxygen atoms in total. The van der Waals surface area contributed by atoms with E-state index in [1.165, 1.54) is 32.1 Å². The molecule has 6 aliphatic rings. The maximum Gasteiger partial charge on any atom is 0.420 e. The summed E-state index contributed by atoms with van der Waals surface area (Å²) in [6.07, 6.45) is 2.94. The molecule has 3 heterocycles. The summed E-state index contributed by atoms with van der Waals surface area (Å²) >= 11 is 5.76. The van der Waals surface area contributed by atoms with Crippen molar-refractivity contribution < 1.29 is 27.4 Å². The molecule has 1 aromatic carbocycles. The molecule has 2 saturated heterocycles. The highest BCUT2D eigenvalue weighted by Gasteiger charge is 2.65. The SMILES string of the molecule is COc1cc(N2CCN(C3C4CC5CC3CC(C3OC3OC)(C5)C4)CC2)ccc1Nc1ncc(C(F)(F)F)c(Cl)n1. The van der Waals surface area contributed by atoms with E-state index >= 15 is 0 Å². The second-order valence-corrected chi connectivity index (χ2v) is 12.8. The number of aromatic nitrogens is 2. The Kier molecular flexibility index (Phi) is 6.80. The molecule has 4 atom stereocenters. The van der Waals surface area contributed by atoms with Gasteiger partial charge in [-0.3, -0.25) is 4.90 Å². The minimum absolute atomic E-state index is 0.00656. The van der Waals surface area contributed by atoms with Crippen molar-refractivity contribution in [1.29, 1.82) is 0 Å². The van der Waals surface area contributed by atoms with Crippen LogP contribution in [-0.4, -0.2) is 73.7 Å². The van der Waals surface area contributed by atoms with Crippen molar-refractivity contribution in [3.8, 4) is 5.75 Å². The van der Waals surface area contributed by atoms with Crippen molar-refractivity contribution in [2.24, 2.45) is 23.2 Å². The van der Waals surface area contributed by atoms with E-state index in [0.717, 1.165) is 49.6 Å². The molecule has 0 radical (unpaired) electrons. The van der Waals surface area contributed by atoms with Gasteiger partial charge in [0.25, 0.3) is 0 Å². The van der Waals surface area contributed by atoms with Crippen LogP contribution in [0.1, 0.15) is 37.7 Å². The number of nitrogens with zero attached hydrogens (tertiary/aromatic N) is 4. The summed E-state index contributed by atoms with van der Waals surface area (Å²) in [4.78, 5) is 12.7. The maximum atomic E-state index is 13.0. The number of anilines is 3. The summed E-state index contributed by atoms with van der Waals surface area (Å²) in [5.74, 6) is 2.86. The fraction of sp³-hybridized carbons (Fsp3) is 0.655. The second kappa shape index (κ2) is 10.1. The highest BCUT2D eigenvalue weighted by molar-refractivity contribution is 6.30. The van der Waals surface area contributed by atoms with Crippen molar-refractivity contribution in [1.82, 2.24) is 14.9 Å². The quantitative estimate of drug-likeness (QED) is 0.329. The van der Waals surface area contributed by atoms with Gasteiger partial charge in [-0.2, -0.15) is 13.2 Å². The Morgan fingerprint density at radius 3 is 2.41 bits per heavy atom. The fourth-order valence-electron chi connectivity index (χ4n) is 8.71. The third-order valence-electron chi connectivity index (χ3n) is 10.1. The molecule has 0 spiro atoms. The Hall–Kier alpha value is -2.34. The molecule has 4 saturated carbocycles. The Bertz CT molecular complexity index is 1290. The van der Waals surface area contributed by atoms with Gasteiger partial charge in [-0.05, 0) is 62.0 Å². The van der Waals surface area contributed by atoms with Crippen LogP contribution in [0.3, 0.4) is 0 Å². The smallest absolute Gasteiger partial charge is 0.420 e. The van der Waals surface area contributed by atoms with Crippen LogP contribution in [0.4, 0.5) is 30.5 Å². The van der Waals surface area contributed by atoms with Crippen molar-refractivity contribution in [3.05, 3.63) is 35.1 Å². The molecular formula is C29H35ClF3N5O3. The van der Waals surface area contributed by atoms with E-state index in [-0.39, 0.29) is 12.2 Å². The van der Waals surface area contributed by atoms with Gasteiger partial charge in [0.05, 0.1) is 12.8 Å². The van der Waals surface area contributed by atoms with Crippen LogP contribution >= 0.6 is 11.6 Å². The summed E-state index contributed by atoms with van der Waals surface area (Å²) in [6.45, 7) is 3.90. The van der Waals surface area contributed by atoms with Crippen LogP contribution < -0.4 is 15.0 Å².